The summed E-state index contributed by atoms with van der Waals surface area (Å²) in [6.45, 7) is 0.506. The van der Waals surface area contributed by atoms with E-state index in [2.05, 4.69) is 60.0 Å². The number of halogens is 2. The van der Waals surface area contributed by atoms with Gasteiger partial charge in [0.25, 0.3) is 0 Å². The molecule has 3 aromatic rings. The standard InChI is InChI=1S/C22H20ClIN6O3/c1-25-20(33)22-7-3-6-13(22)15(16(31)17(22)32)30-10-27-14-18(28-21(23)29-19(14)30)26-9-11-4-2-5-12(24)8-11/h2,4-8,10,13,15-17,31-32H,9H2,1H3,(H,25,33)(H,26,28,29)/t13-,15-,16+,17+,22+/m1/s1. The van der Waals surface area contributed by atoms with Crippen LogP contribution in [0, 0.1) is 14.9 Å². The highest BCUT2D eigenvalue weighted by atomic mass is 127. The van der Waals surface area contributed by atoms with Crippen LogP contribution < -0.4 is 10.6 Å². The molecule has 0 saturated heterocycles. The summed E-state index contributed by atoms with van der Waals surface area (Å²) in [5.74, 6) is -0.482. The van der Waals surface area contributed by atoms with Gasteiger partial charge in [-0.25, -0.2) is 4.98 Å². The lowest BCUT2D eigenvalue weighted by Crippen LogP contribution is -2.47. The number of carbonyl (C=O) groups is 1. The van der Waals surface area contributed by atoms with Crippen LogP contribution >= 0.6 is 34.2 Å². The molecule has 0 bridgehead atoms. The number of hydrogen-bond donors (Lipinski definition) is 4. The van der Waals surface area contributed by atoms with Crippen molar-refractivity contribution in [3.05, 3.63) is 62.9 Å². The molecule has 4 N–H and O–H groups in total. The summed E-state index contributed by atoms with van der Waals surface area (Å²) in [6.07, 6.45) is 2.19. The van der Waals surface area contributed by atoms with Gasteiger partial charge in [0, 0.05) is 23.1 Å². The number of anilines is 1. The zero-order valence-electron chi connectivity index (χ0n) is 17.4. The van der Waals surface area contributed by atoms with Crippen LogP contribution in [0.4, 0.5) is 5.82 Å². The van der Waals surface area contributed by atoms with Crippen molar-refractivity contribution in [3.8, 4) is 0 Å². The molecular formula is C22H20ClIN6O3. The SMILES string of the molecule is CNC(=O)[C@@]12C=C=C[C@@H]1[C@@H](n1cnc3c(NCc4cccc(I)c4)nc(Cl)nc31)[C@H](O)[C@@H]2O. The summed E-state index contributed by atoms with van der Waals surface area (Å²) >= 11 is 8.49. The smallest absolute Gasteiger partial charge is 0.233 e. The summed E-state index contributed by atoms with van der Waals surface area (Å²) in [7, 11) is 1.50. The Morgan fingerprint density at radius 1 is 1.36 bits per heavy atom. The van der Waals surface area contributed by atoms with E-state index in [4.69, 9.17) is 11.6 Å². The number of aromatic nitrogens is 4. The van der Waals surface area contributed by atoms with Crippen molar-refractivity contribution in [1.82, 2.24) is 24.8 Å². The third kappa shape index (κ3) is 3.44. The lowest BCUT2D eigenvalue weighted by molar-refractivity contribution is -0.135. The molecule has 2 heterocycles. The quantitative estimate of drug-likeness (QED) is 0.208. The fourth-order valence-corrected chi connectivity index (χ4v) is 5.61. The molecule has 9 nitrogen and oxygen atoms in total. The van der Waals surface area contributed by atoms with Gasteiger partial charge in [0.1, 0.15) is 17.6 Å². The zero-order chi connectivity index (χ0) is 23.3. The van der Waals surface area contributed by atoms with Crippen molar-refractivity contribution in [3.63, 3.8) is 0 Å². The predicted octanol–water partition coefficient (Wildman–Crippen LogP) is 2.05. The van der Waals surface area contributed by atoms with Crippen molar-refractivity contribution in [2.24, 2.45) is 11.3 Å². The Morgan fingerprint density at radius 2 is 2.18 bits per heavy atom. The van der Waals surface area contributed by atoms with Gasteiger partial charge < -0.3 is 25.4 Å². The molecule has 33 heavy (non-hydrogen) atoms. The van der Waals surface area contributed by atoms with E-state index in [9.17, 15) is 15.0 Å². The summed E-state index contributed by atoms with van der Waals surface area (Å²) in [5, 5.41) is 27.7. The van der Waals surface area contributed by atoms with Crippen LogP contribution in [0.3, 0.4) is 0 Å². The van der Waals surface area contributed by atoms with Gasteiger partial charge in [0.05, 0.1) is 12.4 Å². The predicted molar refractivity (Wildman–Crippen MR) is 131 cm³/mol. The van der Waals surface area contributed by atoms with Crippen molar-refractivity contribution < 1.29 is 15.0 Å². The molecule has 11 heteroatoms. The Morgan fingerprint density at radius 3 is 2.94 bits per heavy atom. The van der Waals surface area contributed by atoms with Crippen LogP contribution in [-0.4, -0.2) is 54.9 Å². The van der Waals surface area contributed by atoms with E-state index in [1.54, 1.807) is 10.6 Å². The first-order chi connectivity index (χ1) is 15.9. The maximum atomic E-state index is 12.7. The van der Waals surface area contributed by atoms with Gasteiger partial charge in [-0.15, -0.1) is 5.73 Å². The number of fused-ring (bicyclic) bond motifs is 2. The van der Waals surface area contributed by atoms with Crippen LogP contribution in [0.5, 0.6) is 0 Å². The molecule has 170 valence electrons. The van der Waals surface area contributed by atoms with E-state index in [1.165, 1.54) is 19.5 Å². The Kier molecular flexibility index (Phi) is 5.66. The van der Waals surface area contributed by atoms with Gasteiger partial charge in [0.15, 0.2) is 17.0 Å². The Hall–Kier alpha value is -2.50. The monoisotopic (exact) mass is 578 g/mol. The fourth-order valence-electron chi connectivity index (χ4n) is 4.84. The Balaban J connectivity index is 1.54. The van der Waals surface area contributed by atoms with E-state index < -0.39 is 29.6 Å². The summed E-state index contributed by atoms with van der Waals surface area (Å²) in [6, 6.07) is 7.34. The zero-order valence-corrected chi connectivity index (χ0v) is 20.3. The van der Waals surface area contributed by atoms with Gasteiger partial charge in [-0.2, -0.15) is 9.97 Å². The topological polar surface area (TPSA) is 125 Å². The number of nitrogens with zero attached hydrogens (tertiary/aromatic N) is 4. The lowest BCUT2D eigenvalue weighted by atomic mass is 9.77. The number of carbonyl (C=O) groups excluding carboxylic acids is 1. The third-order valence-electron chi connectivity index (χ3n) is 6.36. The van der Waals surface area contributed by atoms with Gasteiger partial charge in [-0.3, -0.25) is 4.79 Å². The Bertz CT molecular complexity index is 1320. The van der Waals surface area contributed by atoms with Crippen molar-refractivity contribution >= 4 is 57.1 Å². The van der Waals surface area contributed by atoms with Crippen LogP contribution in [0.1, 0.15) is 11.6 Å². The molecule has 1 fully saturated rings. The minimum Gasteiger partial charge on any atom is -0.389 e. The van der Waals surface area contributed by atoms with Gasteiger partial charge in [-0.05, 0) is 64.0 Å². The summed E-state index contributed by atoms with van der Waals surface area (Å²) in [4.78, 5) is 25.9. The number of imidazole rings is 1. The number of amides is 1. The van der Waals surface area contributed by atoms with E-state index in [-0.39, 0.29) is 11.2 Å². The number of benzene rings is 1. The third-order valence-corrected chi connectivity index (χ3v) is 7.20. The number of rotatable bonds is 5. The molecule has 1 saturated carbocycles. The second kappa shape index (κ2) is 8.37. The van der Waals surface area contributed by atoms with Crippen molar-refractivity contribution in [1.29, 1.82) is 0 Å². The first kappa shape index (κ1) is 22.3. The first-order valence-corrected chi connectivity index (χ1v) is 11.7. The normalized spacial score (nSPS) is 27.8. The minimum absolute atomic E-state index is 0.0140. The van der Waals surface area contributed by atoms with Gasteiger partial charge >= 0.3 is 0 Å². The fraction of sp³-hybridized carbons (Fsp3) is 0.318. The molecule has 0 unspecified atom stereocenters. The molecule has 2 aliphatic rings. The molecule has 1 aromatic carbocycles. The molecule has 1 amide bonds. The number of hydrogen-bond acceptors (Lipinski definition) is 7. The maximum Gasteiger partial charge on any atom is 0.233 e. The first-order valence-electron chi connectivity index (χ1n) is 10.3. The number of aliphatic hydroxyl groups is 2. The lowest BCUT2D eigenvalue weighted by Gasteiger charge is -2.29. The highest BCUT2D eigenvalue weighted by molar-refractivity contribution is 14.1. The second-order valence-corrected chi connectivity index (χ2v) is 9.67. The summed E-state index contributed by atoms with van der Waals surface area (Å²) in [5.41, 5.74) is 3.56. The molecular weight excluding hydrogens is 559 g/mol. The van der Waals surface area contributed by atoms with E-state index >= 15 is 0 Å². The molecule has 0 spiro atoms. The van der Waals surface area contributed by atoms with E-state index in [1.807, 2.05) is 18.2 Å². The van der Waals surface area contributed by atoms with Crippen LogP contribution in [0.2, 0.25) is 5.28 Å². The largest absolute Gasteiger partial charge is 0.389 e. The van der Waals surface area contributed by atoms with Crippen LogP contribution in [0.25, 0.3) is 11.2 Å². The number of nitrogens with one attached hydrogen (secondary N) is 2. The Labute approximate surface area is 207 Å². The number of aliphatic hydroxyl groups excluding tert-OH is 2. The van der Waals surface area contributed by atoms with E-state index in [0.29, 0.717) is 23.5 Å². The van der Waals surface area contributed by atoms with Crippen molar-refractivity contribution in [2.75, 3.05) is 12.4 Å². The minimum atomic E-state index is -1.33. The molecule has 5 rings (SSSR count). The maximum absolute atomic E-state index is 12.7. The average Bonchev–Trinajstić information content (AvgIpc) is 3.47. The summed E-state index contributed by atoms with van der Waals surface area (Å²) < 4.78 is 2.77. The average molecular weight is 579 g/mol. The van der Waals surface area contributed by atoms with Crippen LogP contribution in [0.15, 0.2) is 48.5 Å². The molecule has 0 radical (unpaired) electrons. The highest BCUT2D eigenvalue weighted by Gasteiger charge is 2.63. The van der Waals surface area contributed by atoms with E-state index in [0.717, 1.165) is 9.13 Å². The van der Waals surface area contributed by atoms with Gasteiger partial charge in [0.2, 0.25) is 11.2 Å². The molecule has 2 aromatic heterocycles. The van der Waals surface area contributed by atoms with Crippen LogP contribution in [-0.2, 0) is 11.3 Å². The molecule has 2 aliphatic carbocycles. The molecule has 0 aliphatic heterocycles. The van der Waals surface area contributed by atoms with Crippen molar-refractivity contribution in [2.45, 2.75) is 24.8 Å². The second-order valence-electron chi connectivity index (χ2n) is 8.09. The van der Waals surface area contributed by atoms with Gasteiger partial charge in [-0.1, -0.05) is 12.1 Å². The highest BCUT2D eigenvalue weighted by Crippen LogP contribution is 2.54. The molecule has 5 atom stereocenters.